The molecule has 29 heavy (non-hydrogen) atoms. The van der Waals surface area contributed by atoms with Gasteiger partial charge < -0.3 is 14.8 Å². The number of rotatable bonds is 5. The van der Waals surface area contributed by atoms with Crippen LogP contribution in [0.25, 0.3) is 0 Å². The summed E-state index contributed by atoms with van der Waals surface area (Å²) in [6.45, 7) is 1.67. The second-order valence-electron chi connectivity index (χ2n) is 6.86. The van der Waals surface area contributed by atoms with Crippen molar-refractivity contribution in [1.82, 2.24) is 0 Å². The zero-order chi connectivity index (χ0) is 21.0. The van der Waals surface area contributed by atoms with Gasteiger partial charge in [-0.25, -0.2) is 9.59 Å². The van der Waals surface area contributed by atoms with Crippen molar-refractivity contribution in [3.63, 3.8) is 0 Å². The lowest BCUT2D eigenvalue weighted by molar-refractivity contribution is -0.119. The second kappa shape index (κ2) is 8.88. The quantitative estimate of drug-likeness (QED) is 0.755. The Kier molecular flexibility index (Phi) is 6.29. The third kappa shape index (κ3) is 4.63. The number of hydrogen-bond donors (Lipinski definition) is 1. The van der Waals surface area contributed by atoms with Crippen LogP contribution in [0.4, 0.5) is 5.00 Å². The zero-order valence-corrected chi connectivity index (χ0v) is 16.9. The molecule has 0 fully saturated rings. The van der Waals surface area contributed by atoms with Crippen LogP contribution in [0.15, 0.2) is 24.3 Å². The van der Waals surface area contributed by atoms with Gasteiger partial charge in [0.2, 0.25) is 0 Å². The number of hydrogen-bond acceptors (Lipinski definition) is 7. The van der Waals surface area contributed by atoms with E-state index in [0.29, 0.717) is 22.0 Å². The van der Waals surface area contributed by atoms with Crippen molar-refractivity contribution < 1.29 is 23.9 Å². The summed E-state index contributed by atoms with van der Waals surface area (Å²) < 4.78 is 9.93. The first-order chi connectivity index (χ1) is 13.9. The zero-order valence-electron chi connectivity index (χ0n) is 16.1. The Morgan fingerprint density at radius 3 is 2.62 bits per heavy atom. The van der Waals surface area contributed by atoms with Crippen molar-refractivity contribution in [1.29, 1.82) is 5.26 Å². The van der Waals surface area contributed by atoms with Crippen LogP contribution >= 0.6 is 11.3 Å². The van der Waals surface area contributed by atoms with E-state index in [4.69, 9.17) is 14.7 Å². The van der Waals surface area contributed by atoms with Gasteiger partial charge in [-0.2, -0.15) is 5.26 Å². The van der Waals surface area contributed by atoms with Gasteiger partial charge >= 0.3 is 11.9 Å². The van der Waals surface area contributed by atoms with E-state index in [1.54, 1.807) is 0 Å². The number of fused-ring (bicyclic) bond motifs is 1. The number of thiophene rings is 1. The van der Waals surface area contributed by atoms with Crippen LogP contribution in [-0.4, -0.2) is 31.6 Å². The van der Waals surface area contributed by atoms with E-state index in [2.05, 4.69) is 12.2 Å². The maximum atomic E-state index is 12.3. The summed E-state index contributed by atoms with van der Waals surface area (Å²) in [5, 5.41) is 11.9. The number of methoxy groups -OCH3 is 1. The Morgan fingerprint density at radius 1 is 1.24 bits per heavy atom. The summed E-state index contributed by atoms with van der Waals surface area (Å²) in [4.78, 5) is 37.7. The van der Waals surface area contributed by atoms with Crippen LogP contribution in [0.1, 0.15) is 50.1 Å². The van der Waals surface area contributed by atoms with Gasteiger partial charge in [-0.3, -0.25) is 4.79 Å². The molecule has 1 atom stereocenters. The highest BCUT2D eigenvalue weighted by molar-refractivity contribution is 7.17. The van der Waals surface area contributed by atoms with Crippen molar-refractivity contribution in [2.24, 2.45) is 5.92 Å². The number of benzene rings is 1. The molecule has 0 saturated heterocycles. The number of esters is 2. The molecule has 0 aliphatic heterocycles. The highest BCUT2D eigenvalue weighted by Crippen LogP contribution is 2.40. The van der Waals surface area contributed by atoms with Gasteiger partial charge in [0, 0.05) is 4.88 Å². The maximum absolute atomic E-state index is 12.3. The predicted octanol–water partition coefficient (Wildman–Crippen LogP) is 3.33. The summed E-state index contributed by atoms with van der Waals surface area (Å²) in [5.41, 5.74) is 1.99. The summed E-state index contributed by atoms with van der Waals surface area (Å²) in [6, 6.07) is 7.88. The van der Waals surface area contributed by atoms with Crippen LogP contribution in [0.3, 0.4) is 0 Å². The molecule has 7 nitrogen and oxygen atoms in total. The average Bonchev–Trinajstić information content (AvgIpc) is 3.08. The van der Waals surface area contributed by atoms with Crippen molar-refractivity contribution >= 4 is 34.2 Å². The molecule has 0 spiro atoms. The fourth-order valence-electron chi connectivity index (χ4n) is 3.21. The summed E-state index contributed by atoms with van der Waals surface area (Å²) in [7, 11) is 1.31. The molecule has 0 radical (unpaired) electrons. The van der Waals surface area contributed by atoms with Crippen LogP contribution in [0.5, 0.6) is 0 Å². The number of carbonyl (C=O) groups is 3. The minimum atomic E-state index is -0.669. The van der Waals surface area contributed by atoms with E-state index in [-0.39, 0.29) is 5.56 Å². The smallest absolute Gasteiger partial charge is 0.341 e. The average molecular weight is 412 g/mol. The highest BCUT2D eigenvalue weighted by Gasteiger charge is 2.29. The first-order valence-electron chi connectivity index (χ1n) is 9.13. The molecular formula is C21H20N2O5S. The van der Waals surface area contributed by atoms with Gasteiger partial charge in [0.1, 0.15) is 5.00 Å². The van der Waals surface area contributed by atoms with Crippen molar-refractivity contribution in [3.8, 4) is 6.07 Å². The molecule has 0 bridgehead atoms. The lowest BCUT2D eigenvalue weighted by Gasteiger charge is -2.18. The monoisotopic (exact) mass is 412 g/mol. The molecule has 1 heterocycles. The Bertz CT molecular complexity index is 988. The molecule has 1 aromatic carbocycles. The fourth-order valence-corrected chi connectivity index (χ4v) is 4.63. The lowest BCUT2D eigenvalue weighted by atomic mass is 9.88. The minimum absolute atomic E-state index is 0.243. The van der Waals surface area contributed by atoms with Crippen LogP contribution in [-0.2, 0) is 27.1 Å². The van der Waals surface area contributed by atoms with Crippen molar-refractivity contribution in [2.45, 2.75) is 26.2 Å². The number of amides is 1. The van der Waals surface area contributed by atoms with Crippen molar-refractivity contribution in [3.05, 3.63) is 51.4 Å². The van der Waals surface area contributed by atoms with E-state index >= 15 is 0 Å². The normalized spacial score (nSPS) is 15.0. The Hall–Kier alpha value is -3.18. The molecule has 150 valence electrons. The summed E-state index contributed by atoms with van der Waals surface area (Å²) in [5.74, 6) is -1.17. The number of carbonyl (C=O) groups excluding carboxylic acids is 3. The minimum Gasteiger partial charge on any atom is -0.465 e. The Labute approximate surface area is 172 Å². The van der Waals surface area contributed by atoms with Crippen LogP contribution in [0, 0.1) is 17.2 Å². The predicted molar refractivity (Wildman–Crippen MR) is 107 cm³/mol. The molecule has 1 aliphatic rings. The third-order valence-electron chi connectivity index (χ3n) is 4.74. The molecule has 1 amide bonds. The largest absolute Gasteiger partial charge is 0.465 e. The number of nitrogens with one attached hydrogen (secondary N) is 1. The van der Waals surface area contributed by atoms with Gasteiger partial charge in [-0.05, 0) is 55.0 Å². The molecule has 1 N–H and O–H groups in total. The fraction of sp³-hybridized carbons (Fsp3) is 0.333. The van der Waals surface area contributed by atoms with Gasteiger partial charge in [0.25, 0.3) is 5.91 Å². The number of anilines is 1. The lowest BCUT2D eigenvalue weighted by Crippen LogP contribution is -2.22. The molecule has 1 aromatic heterocycles. The van der Waals surface area contributed by atoms with Gasteiger partial charge in [-0.1, -0.05) is 6.92 Å². The van der Waals surface area contributed by atoms with Crippen LogP contribution < -0.4 is 5.32 Å². The molecular weight excluding hydrogens is 392 g/mol. The van der Waals surface area contributed by atoms with Crippen LogP contribution in [0.2, 0.25) is 0 Å². The van der Waals surface area contributed by atoms with Crippen molar-refractivity contribution in [2.75, 3.05) is 19.0 Å². The molecule has 1 aliphatic carbocycles. The maximum Gasteiger partial charge on any atom is 0.341 e. The number of nitrogens with zero attached hydrogens (tertiary/aromatic N) is 1. The molecule has 0 saturated carbocycles. The van der Waals surface area contributed by atoms with E-state index in [1.807, 2.05) is 6.07 Å². The van der Waals surface area contributed by atoms with Gasteiger partial charge in [-0.15, -0.1) is 11.3 Å². The molecule has 0 unspecified atom stereocenters. The SMILES string of the molecule is COC(=O)c1c(NC(=O)COC(=O)c2ccc(C#N)cc2)sc2c1CC[C@@H](C)C2. The summed E-state index contributed by atoms with van der Waals surface area (Å²) >= 11 is 1.37. The Morgan fingerprint density at radius 2 is 1.97 bits per heavy atom. The third-order valence-corrected chi connectivity index (χ3v) is 5.91. The first kappa shape index (κ1) is 20.6. The van der Waals surface area contributed by atoms with E-state index < -0.39 is 24.5 Å². The van der Waals surface area contributed by atoms with Gasteiger partial charge in [0.15, 0.2) is 6.61 Å². The van der Waals surface area contributed by atoms with E-state index in [9.17, 15) is 14.4 Å². The van der Waals surface area contributed by atoms with Gasteiger partial charge in [0.05, 0.1) is 29.9 Å². The molecule has 2 aromatic rings. The molecule has 3 rings (SSSR count). The standard InChI is InChI=1S/C21H20N2O5S/c1-12-3-8-15-16(9-12)29-19(18(15)21(26)27-2)23-17(24)11-28-20(25)14-6-4-13(10-22)5-7-14/h4-7,12H,3,8-9,11H2,1-2H3,(H,23,24)/t12-/m1/s1. The number of ether oxygens (including phenoxy) is 2. The first-order valence-corrected chi connectivity index (χ1v) is 9.94. The highest BCUT2D eigenvalue weighted by atomic mass is 32.1. The Balaban J connectivity index is 1.68. The van der Waals surface area contributed by atoms with E-state index in [0.717, 1.165) is 29.7 Å². The second-order valence-corrected chi connectivity index (χ2v) is 7.97. The summed E-state index contributed by atoms with van der Waals surface area (Å²) in [6.07, 6.45) is 2.60. The topological polar surface area (TPSA) is 105 Å². The molecule has 8 heteroatoms. The van der Waals surface area contributed by atoms with E-state index in [1.165, 1.54) is 42.7 Å². The number of nitriles is 1.